The molecule has 0 aliphatic heterocycles. The van der Waals surface area contributed by atoms with Crippen LogP contribution in [0, 0.1) is 12.8 Å². The van der Waals surface area contributed by atoms with E-state index in [1.54, 1.807) is 12.1 Å². The third-order valence-corrected chi connectivity index (χ3v) is 4.38. The van der Waals surface area contributed by atoms with Crippen molar-refractivity contribution >= 4 is 17.5 Å². The Balaban J connectivity index is 1.81. The van der Waals surface area contributed by atoms with Crippen LogP contribution in [0.1, 0.15) is 38.2 Å². The van der Waals surface area contributed by atoms with Gasteiger partial charge < -0.3 is 10.1 Å². The molecule has 2 rings (SSSR count). The first kappa shape index (κ1) is 15.2. The molecular formula is C16H22ClNO2. The predicted molar refractivity (Wildman–Crippen MR) is 81.2 cm³/mol. The quantitative estimate of drug-likeness (QED) is 0.919. The summed E-state index contributed by atoms with van der Waals surface area (Å²) in [5, 5.41) is 3.78. The second-order valence-corrected chi connectivity index (χ2v) is 6.04. The van der Waals surface area contributed by atoms with Gasteiger partial charge in [0.25, 0.3) is 5.91 Å². The Kier molecular flexibility index (Phi) is 5.30. The number of ether oxygens (including phenoxy) is 1. The third kappa shape index (κ3) is 4.14. The fraction of sp³-hybridized carbons (Fsp3) is 0.562. The van der Waals surface area contributed by atoms with Gasteiger partial charge in [0.1, 0.15) is 5.75 Å². The van der Waals surface area contributed by atoms with E-state index in [1.165, 1.54) is 19.3 Å². The van der Waals surface area contributed by atoms with Crippen molar-refractivity contribution < 1.29 is 9.53 Å². The summed E-state index contributed by atoms with van der Waals surface area (Å²) in [7, 11) is 0. The van der Waals surface area contributed by atoms with Crippen molar-refractivity contribution in [3.05, 3.63) is 28.8 Å². The smallest absolute Gasteiger partial charge is 0.258 e. The Hall–Kier alpha value is -1.22. The second-order valence-electron chi connectivity index (χ2n) is 5.64. The summed E-state index contributed by atoms with van der Waals surface area (Å²) in [6, 6.07) is 5.71. The number of carbonyl (C=O) groups is 1. The van der Waals surface area contributed by atoms with Gasteiger partial charge in [0.05, 0.1) is 0 Å². The first-order chi connectivity index (χ1) is 9.56. The molecule has 1 saturated carbocycles. The molecule has 3 nitrogen and oxygen atoms in total. The highest BCUT2D eigenvalue weighted by Gasteiger charge is 2.22. The summed E-state index contributed by atoms with van der Waals surface area (Å²) in [6.45, 7) is 4.18. The van der Waals surface area contributed by atoms with E-state index in [0.29, 0.717) is 22.7 Å². The molecule has 0 spiro atoms. The number of aryl methyl sites for hydroxylation is 1. The minimum atomic E-state index is -0.0450. The zero-order valence-corrected chi connectivity index (χ0v) is 12.9. The molecule has 0 heterocycles. The maximum Gasteiger partial charge on any atom is 0.258 e. The molecule has 2 atom stereocenters. The van der Waals surface area contributed by atoms with E-state index < -0.39 is 0 Å². The van der Waals surface area contributed by atoms with Crippen molar-refractivity contribution in [3.63, 3.8) is 0 Å². The van der Waals surface area contributed by atoms with Crippen molar-refractivity contribution in [2.45, 2.75) is 45.6 Å². The summed E-state index contributed by atoms with van der Waals surface area (Å²) >= 11 is 5.95. The van der Waals surface area contributed by atoms with E-state index in [4.69, 9.17) is 16.3 Å². The number of hydrogen-bond donors (Lipinski definition) is 1. The fourth-order valence-electron chi connectivity index (χ4n) is 2.63. The zero-order chi connectivity index (χ0) is 14.5. The Morgan fingerprint density at radius 2 is 2.15 bits per heavy atom. The van der Waals surface area contributed by atoms with E-state index in [-0.39, 0.29) is 12.5 Å². The Morgan fingerprint density at radius 3 is 2.85 bits per heavy atom. The number of benzene rings is 1. The summed E-state index contributed by atoms with van der Waals surface area (Å²) in [6.07, 6.45) is 4.75. The minimum Gasteiger partial charge on any atom is -0.484 e. The molecule has 0 bridgehead atoms. The average Bonchev–Trinajstić information content (AvgIpc) is 2.43. The van der Waals surface area contributed by atoms with Crippen LogP contribution in [0.15, 0.2) is 18.2 Å². The van der Waals surface area contributed by atoms with Crippen molar-refractivity contribution in [1.29, 1.82) is 0 Å². The molecule has 0 aromatic heterocycles. The topological polar surface area (TPSA) is 38.3 Å². The molecular weight excluding hydrogens is 274 g/mol. The zero-order valence-electron chi connectivity index (χ0n) is 12.1. The van der Waals surface area contributed by atoms with Gasteiger partial charge in [0.15, 0.2) is 6.61 Å². The summed E-state index contributed by atoms with van der Waals surface area (Å²) in [5.74, 6) is 1.19. The average molecular weight is 296 g/mol. The molecule has 20 heavy (non-hydrogen) atoms. The molecule has 1 aliphatic rings. The Labute approximate surface area is 125 Å². The van der Waals surface area contributed by atoms with Crippen LogP contribution in [0.25, 0.3) is 0 Å². The highest BCUT2D eigenvalue weighted by atomic mass is 35.5. The first-order valence-electron chi connectivity index (χ1n) is 7.24. The molecule has 1 amide bonds. The highest BCUT2D eigenvalue weighted by molar-refractivity contribution is 6.31. The molecule has 1 N–H and O–H groups in total. The molecule has 1 aromatic carbocycles. The van der Waals surface area contributed by atoms with Gasteiger partial charge in [-0.25, -0.2) is 0 Å². The van der Waals surface area contributed by atoms with Gasteiger partial charge in [-0.15, -0.1) is 0 Å². The van der Waals surface area contributed by atoms with E-state index >= 15 is 0 Å². The highest BCUT2D eigenvalue weighted by Crippen LogP contribution is 2.24. The van der Waals surface area contributed by atoms with Crippen LogP contribution in [0.5, 0.6) is 5.75 Å². The molecule has 1 aromatic rings. The van der Waals surface area contributed by atoms with Gasteiger partial charge in [-0.3, -0.25) is 4.79 Å². The van der Waals surface area contributed by atoms with Crippen molar-refractivity contribution in [3.8, 4) is 5.75 Å². The van der Waals surface area contributed by atoms with E-state index in [9.17, 15) is 4.79 Å². The lowest BCUT2D eigenvalue weighted by Gasteiger charge is -2.29. The van der Waals surface area contributed by atoms with E-state index in [1.807, 2.05) is 13.0 Å². The van der Waals surface area contributed by atoms with Crippen molar-refractivity contribution in [1.82, 2.24) is 5.32 Å². The monoisotopic (exact) mass is 295 g/mol. The van der Waals surface area contributed by atoms with Gasteiger partial charge in [-0.1, -0.05) is 31.4 Å². The van der Waals surface area contributed by atoms with Crippen LogP contribution in [0.3, 0.4) is 0 Å². The van der Waals surface area contributed by atoms with Gasteiger partial charge >= 0.3 is 0 Å². The molecule has 0 radical (unpaired) electrons. The summed E-state index contributed by atoms with van der Waals surface area (Å²) < 4.78 is 5.51. The van der Waals surface area contributed by atoms with Crippen LogP contribution >= 0.6 is 11.6 Å². The lowest BCUT2D eigenvalue weighted by Crippen LogP contribution is -2.43. The van der Waals surface area contributed by atoms with Gasteiger partial charge in [-0.05, 0) is 49.4 Å². The third-order valence-electron chi connectivity index (χ3n) is 3.96. The fourth-order valence-corrected chi connectivity index (χ4v) is 2.75. The lowest BCUT2D eigenvalue weighted by molar-refractivity contribution is -0.124. The predicted octanol–water partition coefficient (Wildman–Crippen LogP) is 3.72. The maximum absolute atomic E-state index is 11.9. The van der Waals surface area contributed by atoms with E-state index in [2.05, 4.69) is 12.2 Å². The van der Waals surface area contributed by atoms with Crippen LogP contribution < -0.4 is 10.1 Å². The van der Waals surface area contributed by atoms with Crippen LogP contribution in [-0.2, 0) is 4.79 Å². The molecule has 2 unspecified atom stereocenters. The van der Waals surface area contributed by atoms with Gasteiger partial charge in [-0.2, -0.15) is 0 Å². The van der Waals surface area contributed by atoms with Crippen molar-refractivity contribution in [2.75, 3.05) is 6.61 Å². The standard InChI is InChI=1S/C16H22ClNO2/c1-11-5-3-4-6-15(11)18-16(19)10-20-13-7-8-14(17)12(2)9-13/h7-9,11,15H,3-6,10H2,1-2H3,(H,18,19). The molecule has 0 saturated heterocycles. The molecule has 4 heteroatoms. The van der Waals surface area contributed by atoms with Gasteiger partial charge in [0, 0.05) is 11.1 Å². The molecule has 1 fully saturated rings. The number of halogens is 1. The van der Waals surface area contributed by atoms with Crippen LogP contribution in [0.2, 0.25) is 5.02 Å². The minimum absolute atomic E-state index is 0.0450. The summed E-state index contributed by atoms with van der Waals surface area (Å²) in [4.78, 5) is 11.9. The number of nitrogens with one attached hydrogen (secondary N) is 1. The number of carbonyl (C=O) groups excluding carboxylic acids is 1. The maximum atomic E-state index is 11.9. The number of amides is 1. The van der Waals surface area contributed by atoms with Crippen molar-refractivity contribution in [2.24, 2.45) is 5.92 Å². The largest absolute Gasteiger partial charge is 0.484 e. The Morgan fingerprint density at radius 1 is 1.40 bits per heavy atom. The SMILES string of the molecule is Cc1cc(OCC(=O)NC2CCCCC2C)ccc1Cl. The normalized spacial score (nSPS) is 22.4. The Bertz CT molecular complexity index is 476. The molecule has 110 valence electrons. The van der Waals surface area contributed by atoms with E-state index in [0.717, 1.165) is 12.0 Å². The number of rotatable bonds is 4. The van der Waals surface area contributed by atoms with Gasteiger partial charge in [0.2, 0.25) is 0 Å². The first-order valence-corrected chi connectivity index (χ1v) is 7.62. The molecule has 1 aliphatic carbocycles. The lowest BCUT2D eigenvalue weighted by atomic mass is 9.86. The number of hydrogen-bond acceptors (Lipinski definition) is 2. The summed E-state index contributed by atoms with van der Waals surface area (Å²) in [5.41, 5.74) is 0.950. The second kappa shape index (κ2) is 6.98. The van der Waals surface area contributed by atoms with Crippen LogP contribution in [-0.4, -0.2) is 18.6 Å². The van der Waals surface area contributed by atoms with Crippen LogP contribution in [0.4, 0.5) is 0 Å².